The van der Waals surface area contributed by atoms with Crippen molar-refractivity contribution in [1.29, 1.82) is 0 Å². The molecule has 0 aliphatic carbocycles. The highest BCUT2D eigenvalue weighted by molar-refractivity contribution is 6.29. The first kappa shape index (κ1) is 29.3. The predicted molar refractivity (Wildman–Crippen MR) is 225 cm³/mol. The number of para-hydroxylation sites is 2. The molecule has 0 N–H and O–H groups in total. The highest BCUT2D eigenvalue weighted by Gasteiger charge is 2.19. The number of benzene rings is 9. The van der Waals surface area contributed by atoms with E-state index in [1.807, 2.05) is 18.3 Å². The topological polar surface area (TPSA) is 43.9 Å². The van der Waals surface area contributed by atoms with Crippen molar-refractivity contribution >= 4 is 87.0 Å². The van der Waals surface area contributed by atoms with E-state index in [0.717, 1.165) is 66.3 Å². The van der Waals surface area contributed by atoms with E-state index in [1.165, 1.54) is 48.7 Å². The minimum absolute atomic E-state index is 0.908. The molecule has 0 fully saturated rings. The Balaban J connectivity index is 1.13. The number of furan rings is 1. The fourth-order valence-corrected chi connectivity index (χ4v) is 8.83. The van der Waals surface area contributed by atoms with Crippen molar-refractivity contribution < 1.29 is 4.42 Å². The summed E-state index contributed by atoms with van der Waals surface area (Å²) < 4.78 is 8.69. The molecule has 0 aliphatic rings. The smallest absolute Gasteiger partial charge is 0.136 e. The summed E-state index contributed by atoms with van der Waals surface area (Å²) in [5.74, 6) is 0. The minimum Gasteiger partial charge on any atom is -0.456 e. The molecule has 0 spiro atoms. The van der Waals surface area contributed by atoms with Crippen molar-refractivity contribution in [2.24, 2.45) is 0 Å². The summed E-state index contributed by atoms with van der Waals surface area (Å²) in [7, 11) is 0. The molecule has 4 nitrogen and oxygen atoms in total. The van der Waals surface area contributed by atoms with Crippen molar-refractivity contribution in [3.63, 3.8) is 0 Å². The van der Waals surface area contributed by atoms with Crippen LogP contribution in [0.1, 0.15) is 0 Å². The monoisotopic (exact) mass is 687 g/mol. The standard InChI is InChI=1S/C50H29N3O/c1-2-10-30(11-3-1)40-24-33(25-46-45(40)28-51-29-52-46)53-47-16-8-6-14-37(47)44-26-42-36-20-18-31(22-41(36)34-12-4-5-13-35(34)43(42)27-48(44)53)32-19-21-39-38-15-7-9-17-49(38)54-50(39)23-32/h1-29H. The molecule has 0 radical (unpaired) electrons. The lowest BCUT2D eigenvalue weighted by molar-refractivity contribution is 0.669. The summed E-state index contributed by atoms with van der Waals surface area (Å²) >= 11 is 0. The summed E-state index contributed by atoms with van der Waals surface area (Å²) in [6.07, 6.45) is 3.56. The van der Waals surface area contributed by atoms with Crippen molar-refractivity contribution in [2.75, 3.05) is 0 Å². The first-order valence-electron chi connectivity index (χ1n) is 18.3. The second kappa shape index (κ2) is 11.1. The molecule has 0 amide bonds. The highest BCUT2D eigenvalue weighted by atomic mass is 16.3. The van der Waals surface area contributed by atoms with Crippen molar-refractivity contribution in [3.05, 3.63) is 176 Å². The molecular formula is C50H29N3O. The van der Waals surface area contributed by atoms with Crippen LogP contribution in [0.3, 0.4) is 0 Å². The summed E-state index contributed by atoms with van der Waals surface area (Å²) in [6, 6.07) is 59.2. The zero-order valence-electron chi connectivity index (χ0n) is 29.0. The van der Waals surface area contributed by atoms with E-state index in [9.17, 15) is 0 Å². The zero-order valence-corrected chi connectivity index (χ0v) is 29.0. The highest BCUT2D eigenvalue weighted by Crippen LogP contribution is 2.43. The minimum atomic E-state index is 0.908. The van der Waals surface area contributed by atoms with Gasteiger partial charge in [-0.15, -0.1) is 0 Å². The number of hydrogen-bond acceptors (Lipinski definition) is 3. The number of aromatic nitrogens is 3. The Morgan fingerprint density at radius 2 is 1.04 bits per heavy atom. The van der Waals surface area contributed by atoms with Gasteiger partial charge >= 0.3 is 0 Å². The maximum Gasteiger partial charge on any atom is 0.136 e. The van der Waals surface area contributed by atoms with Crippen LogP contribution in [0.25, 0.3) is 115 Å². The van der Waals surface area contributed by atoms with Crippen LogP contribution in [0.5, 0.6) is 0 Å². The number of rotatable bonds is 3. The van der Waals surface area contributed by atoms with E-state index in [1.54, 1.807) is 6.33 Å². The van der Waals surface area contributed by atoms with Gasteiger partial charge in [-0.25, -0.2) is 9.97 Å². The summed E-state index contributed by atoms with van der Waals surface area (Å²) in [6.45, 7) is 0. The van der Waals surface area contributed by atoms with E-state index >= 15 is 0 Å². The van der Waals surface area contributed by atoms with Gasteiger partial charge in [0, 0.05) is 38.8 Å². The summed E-state index contributed by atoms with van der Waals surface area (Å²) in [5, 5.41) is 13.2. The zero-order chi connectivity index (χ0) is 35.3. The molecule has 0 saturated heterocycles. The summed E-state index contributed by atoms with van der Waals surface area (Å²) in [5.41, 5.74) is 10.7. The quantitative estimate of drug-likeness (QED) is 0.174. The van der Waals surface area contributed by atoms with Crippen LogP contribution in [0.15, 0.2) is 181 Å². The number of hydrogen-bond donors (Lipinski definition) is 0. The largest absolute Gasteiger partial charge is 0.456 e. The lowest BCUT2D eigenvalue weighted by atomic mass is 9.91. The van der Waals surface area contributed by atoms with Crippen LogP contribution >= 0.6 is 0 Å². The van der Waals surface area contributed by atoms with Gasteiger partial charge in [-0.2, -0.15) is 0 Å². The van der Waals surface area contributed by atoms with E-state index in [-0.39, 0.29) is 0 Å². The molecule has 0 atom stereocenters. The van der Waals surface area contributed by atoms with Gasteiger partial charge in [0.1, 0.15) is 17.5 Å². The van der Waals surface area contributed by atoms with Gasteiger partial charge in [-0.3, -0.25) is 0 Å². The van der Waals surface area contributed by atoms with Gasteiger partial charge in [-0.1, -0.05) is 109 Å². The molecule has 12 aromatic rings. The molecule has 0 unspecified atom stereocenters. The van der Waals surface area contributed by atoms with Crippen molar-refractivity contribution in [1.82, 2.24) is 14.5 Å². The second-order valence-corrected chi connectivity index (χ2v) is 14.2. The predicted octanol–water partition coefficient (Wildman–Crippen LogP) is 13.4. The SMILES string of the molecule is c1ccc(-c2cc(-n3c4ccccc4c4cc5c6ccc(-c7ccc8c(c7)oc7ccccc78)cc6c6ccccc6c5cc43)cc3ncncc23)cc1. The Morgan fingerprint density at radius 1 is 0.389 bits per heavy atom. The van der Waals surface area contributed by atoms with Crippen LogP contribution in [-0.4, -0.2) is 14.5 Å². The molecule has 9 aromatic carbocycles. The maximum atomic E-state index is 6.28. The van der Waals surface area contributed by atoms with E-state index in [0.29, 0.717) is 0 Å². The van der Waals surface area contributed by atoms with Gasteiger partial charge in [0.05, 0.1) is 16.6 Å². The Labute approximate surface area is 309 Å². The van der Waals surface area contributed by atoms with Crippen LogP contribution in [0.2, 0.25) is 0 Å². The molecule has 3 heterocycles. The average molecular weight is 688 g/mol. The van der Waals surface area contributed by atoms with Crippen LogP contribution in [0, 0.1) is 0 Å². The molecule has 12 rings (SSSR count). The molecule has 54 heavy (non-hydrogen) atoms. The van der Waals surface area contributed by atoms with Gasteiger partial charge in [0.2, 0.25) is 0 Å². The molecule has 250 valence electrons. The van der Waals surface area contributed by atoms with Gasteiger partial charge in [0.15, 0.2) is 0 Å². The molecule has 0 aliphatic heterocycles. The van der Waals surface area contributed by atoms with E-state index in [4.69, 9.17) is 9.40 Å². The third kappa shape index (κ3) is 4.19. The molecule has 0 saturated carbocycles. The first-order valence-corrected chi connectivity index (χ1v) is 18.3. The fourth-order valence-electron chi connectivity index (χ4n) is 8.83. The normalized spacial score (nSPS) is 12.1. The lowest BCUT2D eigenvalue weighted by Gasteiger charge is -2.15. The fraction of sp³-hybridized carbons (Fsp3) is 0. The van der Waals surface area contributed by atoms with Gasteiger partial charge < -0.3 is 8.98 Å². The Hall–Kier alpha value is -7.30. The molecule has 3 aromatic heterocycles. The third-order valence-electron chi connectivity index (χ3n) is 11.3. The second-order valence-electron chi connectivity index (χ2n) is 14.2. The number of nitrogens with zero attached hydrogens (tertiary/aromatic N) is 3. The average Bonchev–Trinajstić information content (AvgIpc) is 3.78. The Morgan fingerprint density at radius 3 is 1.89 bits per heavy atom. The van der Waals surface area contributed by atoms with E-state index in [2.05, 4.69) is 161 Å². The van der Waals surface area contributed by atoms with Crippen LogP contribution in [0.4, 0.5) is 0 Å². The Kier molecular flexibility index (Phi) is 6.02. The van der Waals surface area contributed by atoms with Gasteiger partial charge in [0.25, 0.3) is 0 Å². The summed E-state index contributed by atoms with van der Waals surface area (Å²) in [4.78, 5) is 9.15. The third-order valence-corrected chi connectivity index (χ3v) is 11.3. The lowest BCUT2D eigenvalue weighted by Crippen LogP contribution is -1.97. The van der Waals surface area contributed by atoms with Crippen LogP contribution in [-0.2, 0) is 0 Å². The molecule has 4 heteroatoms. The maximum absolute atomic E-state index is 6.28. The molecular weight excluding hydrogens is 659 g/mol. The van der Waals surface area contributed by atoms with Gasteiger partial charge in [-0.05, 0) is 109 Å². The van der Waals surface area contributed by atoms with Crippen molar-refractivity contribution in [2.45, 2.75) is 0 Å². The first-order chi connectivity index (χ1) is 26.8. The molecule has 0 bridgehead atoms. The number of fused-ring (bicyclic) bond motifs is 13. The van der Waals surface area contributed by atoms with Crippen LogP contribution < -0.4 is 0 Å². The van der Waals surface area contributed by atoms with E-state index < -0.39 is 0 Å². The van der Waals surface area contributed by atoms with Crippen molar-refractivity contribution in [3.8, 4) is 27.9 Å². The Bertz CT molecular complexity index is 3500.